The van der Waals surface area contributed by atoms with Crippen LogP contribution in [0.2, 0.25) is 0 Å². The fourth-order valence-corrected chi connectivity index (χ4v) is 2.46. The number of ether oxygens (including phenoxy) is 1. The first-order chi connectivity index (χ1) is 12.4. The zero-order valence-electron chi connectivity index (χ0n) is 13.9. The zero-order chi connectivity index (χ0) is 19.1. The minimum Gasteiger partial charge on any atom is -0.480 e. The Morgan fingerprint density at radius 3 is 2.77 bits per heavy atom. The first-order valence-corrected chi connectivity index (χ1v) is 8.44. The van der Waals surface area contributed by atoms with Crippen LogP contribution in [0.25, 0.3) is 0 Å². The molecule has 2 amide bonds. The van der Waals surface area contributed by atoms with Crippen LogP contribution in [0.4, 0.5) is 10.1 Å². The number of amides is 2. The van der Waals surface area contributed by atoms with Crippen LogP contribution >= 0.6 is 15.9 Å². The molecule has 0 fully saturated rings. The molecular weight excluding hydrogens is 403 g/mol. The van der Waals surface area contributed by atoms with Crippen molar-refractivity contribution in [1.29, 1.82) is 0 Å². The molecule has 2 aromatic rings. The summed E-state index contributed by atoms with van der Waals surface area (Å²) in [7, 11) is 0. The Labute approximate surface area is 159 Å². The molecule has 0 bridgehead atoms. The van der Waals surface area contributed by atoms with Crippen LogP contribution in [0.1, 0.15) is 12.5 Å². The van der Waals surface area contributed by atoms with E-state index in [0.29, 0.717) is 21.5 Å². The fourth-order valence-electron chi connectivity index (χ4n) is 2.02. The molecule has 0 radical (unpaired) electrons. The number of anilines is 1. The quantitative estimate of drug-likeness (QED) is 0.708. The molecule has 2 aromatic carbocycles. The highest BCUT2D eigenvalue weighted by Gasteiger charge is 2.17. The second kappa shape index (κ2) is 9.02. The van der Waals surface area contributed by atoms with E-state index < -0.39 is 23.7 Å². The first kappa shape index (κ1) is 19.5. The Morgan fingerprint density at radius 2 is 2.08 bits per heavy atom. The predicted molar refractivity (Wildman–Crippen MR) is 100 cm³/mol. The molecular formula is C19H16BrFN2O3. The van der Waals surface area contributed by atoms with Gasteiger partial charge in [0, 0.05) is 11.3 Å². The number of terminal acetylenes is 1. The Kier molecular flexibility index (Phi) is 6.75. The number of rotatable bonds is 6. The molecule has 0 aliphatic heterocycles. The van der Waals surface area contributed by atoms with Crippen LogP contribution < -0.4 is 15.4 Å². The Bertz CT molecular complexity index is 864. The number of benzene rings is 2. The van der Waals surface area contributed by atoms with Gasteiger partial charge in [-0.25, -0.2) is 4.39 Å². The third-order valence-corrected chi connectivity index (χ3v) is 3.92. The maximum absolute atomic E-state index is 13.1. The Balaban J connectivity index is 1.85. The minimum absolute atomic E-state index is 0.225. The third-order valence-electron chi connectivity index (χ3n) is 3.30. The van der Waals surface area contributed by atoms with Crippen LogP contribution in [0.15, 0.2) is 46.9 Å². The van der Waals surface area contributed by atoms with Gasteiger partial charge in [-0.2, -0.15) is 0 Å². The van der Waals surface area contributed by atoms with E-state index in [1.54, 1.807) is 24.3 Å². The number of hydrogen-bond acceptors (Lipinski definition) is 3. The Morgan fingerprint density at radius 1 is 1.31 bits per heavy atom. The van der Waals surface area contributed by atoms with E-state index in [2.05, 4.69) is 32.5 Å². The molecule has 1 unspecified atom stereocenters. The largest absolute Gasteiger partial charge is 0.480 e. The van der Waals surface area contributed by atoms with Gasteiger partial charge in [0.05, 0.1) is 11.0 Å². The summed E-state index contributed by atoms with van der Waals surface area (Å²) in [5.41, 5.74) is 1.18. The van der Waals surface area contributed by atoms with Gasteiger partial charge < -0.3 is 15.4 Å². The molecule has 2 rings (SSSR count). The third kappa shape index (κ3) is 5.60. The van der Waals surface area contributed by atoms with E-state index in [1.165, 1.54) is 25.1 Å². The molecule has 0 aromatic heterocycles. The number of halogens is 2. The van der Waals surface area contributed by atoms with Crippen molar-refractivity contribution in [3.8, 4) is 18.1 Å². The van der Waals surface area contributed by atoms with Crippen LogP contribution in [0.5, 0.6) is 5.75 Å². The van der Waals surface area contributed by atoms with Gasteiger partial charge in [-0.05, 0) is 59.3 Å². The second-order valence-corrected chi connectivity index (χ2v) is 6.18. The summed E-state index contributed by atoms with van der Waals surface area (Å²) in [5.74, 6) is 1.49. The summed E-state index contributed by atoms with van der Waals surface area (Å²) in [6.07, 6.45) is 4.44. The fraction of sp³-hybridized carbons (Fsp3) is 0.158. The lowest BCUT2D eigenvalue weighted by Crippen LogP contribution is -2.40. The lowest BCUT2D eigenvalue weighted by atomic mass is 10.2. The van der Waals surface area contributed by atoms with Gasteiger partial charge in [0.25, 0.3) is 5.91 Å². The molecule has 0 spiro atoms. The lowest BCUT2D eigenvalue weighted by Gasteiger charge is -2.15. The average molecular weight is 419 g/mol. The summed E-state index contributed by atoms with van der Waals surface area (Å²) >= 11 is 3.16. The molecule has 0 heterocycles. The molecule has 134 valence electrons. The van der Waals surface area contributed by atoms with E-state index in [9.17, 15) is 14.0 Å². The van der Waals surface area contributed by atoms with Crippen molar-refractivity contribution in [2.75, 3.05) is 11.9 Å². The summed E-state index contributed by atoms with van der Waals surface area (Å²) in [6.45, 7) is 1.30. The van der Waals surface area contributed by atoms with Crippen molar-refractivity contribution in [1.82, 2.24) is 5.32 Å². The number of nitrogens with one attached hydrogen (secondary N) is 2. The highest BCUT2D eigenvalue weighted by atomic mass is 79.9. The summed E-state index contributed by atoms with van der Waals surface area (Å²) < 4.78 is 18.9. The molecule has 7 heteroatoms. The monoisotopic (exact) mass is 418 g/mol. The molecule has 1 atom stereocenters. The molecule has 5 nitrogen and oxygen atoms in total. The summed E-state index contributed by atoms with van der Waals surface area (Å²) in [5, 5.41) is 5.11. The normalized spacial score (nSPS) is 11.2. The number of hydrogen-bond donors (Lipinski definition) is 2. The highest BCUT2D eigenvalue weighted by molar-refractivity contribution is 9.10. The van der Waals surface area contributed by atoms with E-state index in [1.807, 2.05) is 0 Å². The Hall–Kier alpha value is -2.85. The SMILES string of the molecule is C#Cc1cccc(NC(=O)CNC(=O)C(C)Oc2ccc(F)cc2Br)c1. The van der Waals surface area contributed by atoms with Crippen molar-refractivity contribution < 1.29 is 18.7 Å². The van der Waals surface area contributed by atoms with E-state index >= 15 is 0 Å². The van der Waals surface area contributed by atoms with Crippen LogP contribution in [0.3, 0.4) is 0 Å². The van der Waals surface area contributed by atoms with Crippen LogP contribution in [-0.2, 0) is 9.59 Å². The van der Waals surface area contributed by atoms with E-state index in [-0.39, 0.29) is 6.54 Å². The van der Waals surface area contributed by atoms with Gasteiger partial charge >= 0.3 is 0 Å². The first-order valence-electron chi connectivity index (χ1n) is 7.65. The standard InChI is InChI=1S/C19H16BrFN2O3/c1-3-13-5-4-6-15(9-13)23-18(24)11-22-19(25)12(2)26-17-8-7-14(21)10-16(17)20/h1,4-10,12H,11H2,2H3,(H,22,25)(H,23,24). The predicted octanol–water partition coefficient (Wildman–Crippen LogP) is 3.09. The van der Waals surface area contributed by atoms with Crippen LogP contribution in [0, 0.1) is 18.2 Å². The maximum Gasteiger partial charge on any atom is 0.261 e. The van der Waals surface area contributed by atoms with Crippen LogP contribution in [-0.4, -0.2) is 24.5 Å². The molecule has 0 saturated carbocycles. The summed E-state index contributed by atoms with van der Waals surface area (Å²) in [6, 6.07) is 10.7. The lowest BCUT2D eigenvalue weighted by molar-refractivity contribution is -0.129. The molecule has 26 heavy (non-hydrogen) atoms. The van der Waals surface area contributed by atoms with Gasteiger partial charge in [-0.1, -0.05) is 12.0 Å². The molecule has 0 aliphatic rings. The van der Waals surface area contributed by atoms with Crippen molar-refractivity contribution in [2.45, 2.75) is 13.0 Å². The highest BCUT2D eigenvalue weighted by Crippen LogP contribution is 2.26. The second-order valence-electron chi connectivity index (χ2n) is 5.33. The van der Waals surface area contributed by atoms with Crippen molar-refractivity contribution in [3.05, 3.63) is 58.3 Å². The van der Waals surface area contributed by atoms with Gasteiger partial charge in [-0.3, -0.25) is 9.59 Å². The van der Waals surface area contributed by atoms with Crippen molar-refractivity contribution in [3.63, 3.8) is 0 Å². The smallest absolute Gasteiger partial charge is 0.261 e. The average Bonchev–Trinajstić information content (AvgIpc) is 2.62. The van der Waals surface area contributed by atoms with E-state index in [4.69, 9.17) is 11.2 Å². The summed E-state index contributed by atoms with van der Waals surface area (Å²) in [4.78, 5) is 24.0. The molecule has 2 N–H and O–H groups in total. The molecule has 0 saturated heterocycles. The van der Waals surface area contributed by atoms with Gasteiger partial charge in [-0.15, -0.1) is 6.42 Å². The van der Waals surface area contributed by atoms with Crippen molar-refractivity contribution >= 4 is 33.4 Å². The number of carbonyl (C=O) groups is 2. The molecule has 0 aliphatic carbocycles. The van der Waals surface area contributed by atoms with Gasteiger partial charge in [0.1, 0.15) is 11.6 Å². The maximum atomic E-state index is 13.1. The van der Waals surface area contributed by atoms with Gasteiger partial charge in [0.2, 0.25) is 5.91 Å². The zero-order valence-corrected chi connectivity index (χ0v) is 15.5. The number of carbonyl (C=O) groups excluding carboxylic acids is 2. The topological polar surface area (TPSA) is 67.4 Å². The van der Waals surface area contributed by atoms with E-state index in [0.717, 1.165) is 0 Å². The van der Waals surface area contributed by atoms with Gasteiger partial charge in [0.15, 0.2) is 6.10 Å². The minimum atomic E-state index is -0.866. The van der Waals surface area contributed by atoms with Crippen molar-refractivity contribution in [2.24, 2.45) is 0 Å².